The minimum absolute atomic E-state index is 0.109. The molecule has 0 aliphatic carbocycles. The van der Waals surface area contributed by atoms with Crippen LogP contribution in [0.4, 0.5) is 0 Å². The molecule has 2 aliphatic rings. The van der Waals surface area contributed by atoms with Gasteiger partial charge in [0.2, 0.25) is 5.76 Å². The van der Waals surface area contributed by atoms with Crippen LogP contribution in [0.2, 0.25) is 0 Å². The Morgan fingerprint density at radius 3 is 2.45 bits per heavy atom. The molecule has 4 aromatic rings. The molecule has 1 saturated heterocycles. The molecule has 0 N–H and O–H groups in total. The van der Waals surface area contributed by atoms with Gasteiger partial charge < -0.3 is 23.5 Å². The maximum Gasteiger partial charge on any atom is 0.290 e. The second-order valence-corrected chi connectivity index (χ2v) is 9.94. The van der Waals surface area contributed by atoms with E-state index < -0.39 is 6.04 Å². The summed E-state index contributed by atoms with van der Waals surface area (Å²) in [6.07, 6.45) is 0. The monoisotopic (exact) mass is 540 g/mol. The molecule has 3 aromatic carbocycles. The number of rotatable bonds is 9. The molecule has 206 valence electrons. The Kier molecular flexibility index (Phi) is 7.53. The van der Waals surface area contributed by atoms with E-state index in [9.17, 15) is 9.59 Å². The average molecular weight is 541 g/mol. The Morgan fingerprint density at radius 2 is 1.65 bits per heavy atom. The van der Waals surface area contributed by atoms with Crippen molar-refractivity contribution in [2.75, 3.05) is 46.0 Å². The number of hydrogen-bond donors (Lipinski definition) is 0. The number of amides is 1. The van der Waals surface area contributed by atoms with Crippen molar-refractivity contribution in [1.82, 2.24) is 9.80 Å². The lowest BCUT2D eigenvalue weighted by Gasteiger charge is -2.31. The van der Waals surface area contributed by atoms with Crippen molar-refractivity contribution in [2.24, 2.45) is 0 Å². The molecule has 2 aliphatic heterocycles. The van der Waals surface area contributed by atoms with Gasteiger partial charge in [-0.3, -0.25) is 14.5 Å². The minimum atomic E-state index is -0.605. The topological polar surface area (TPSA) is 81.5 Å². The molecule has 0 saturated carbocycles. The van der Waals surface area contributed by atoms with Gasteiger partial charge in [0.05, 0.1) is 36.8 Å². The summed E-state index contributed by atoms with van der Waals surface area (Å²) in [4.78, 5) is 31.6. The highest BCUT2D eigenvalue weighted by Gasteiger charge is 2.43. The van der Waals surface area contributed by atoms with Crippen molar-refractivity contribution in [3.63, 3.8) is 0 Å². The van der Waals surface area contributed by atoms with Crippen LogP contribution >= 0.6 is 0 Å². The van der Waals surface area contributed by atoms with Gasteiger partial charge in [-0.2, -0.15) is 0 Å². The second kappa shape index (κ2) is 11.5. The first-order valence-electron chi connectivity index (χ1n) is 13.7. The number of nitrogens with zero attached hydrogens (tertiary/aromatic N) is 2. The summed E-state index contributed by atoms with van der Waals surface area (Å²) >= 11 is 0. The number of benzene rings is 3. The lowest BCUT2D eigenvalue weighted by Crippen LogP contribution is -2.42. The average Bonchev–Trinajstić information content (AvgIpc) is 3.28. The van der Waals surface area contributed by atoms with E-state index in [1.54, 1.807) is 29.2 Å². The Balaban J connectivity index is 1.38. The molecule has 1 aromatic heterocycles. The summed E-state index contributed by atoms with van der Waals surface area (Å²) in [6.45, 7) is 6.83. The van der Waals surface area contributed by atoms with E-state index in [-0.39, 0.29) is 17.1 Å². The van der Waals surface area contributed by atoms with Gasteiger partial charge in [0, 0.05) is 26.2 Å². The molecule has 8 nitrogen and oxygen atoms in total. The Hall–Kier alpha value is -4.14. The maximum absolute atomic E-state index is 13.8. The van der Waals surface area contributed by atoms with Crippen molar-refractivity contribution in [2.45, 2.75) is 19.6 Å². The zero-order chi connectivity index (χ0) is 27.5. The fourth-order valence-electron chi connectivity index (χ4n) is 5.44. The first-order valence-corrected chi connectivity index (χ1v) is 13.7. The minimum Gasteiger partial charge on any atom is -0.490 e. The van der Waals surface area contributed by atoms with E-state index in [4.69, 9.17) is 18.6 Å². The highest BCUT2D eigenvalue weighted by molar-refractivity contribution is 5.99. The quantitative estimate of drug-likeness (QED) is 0.306. The Bertz CT molecular complexity index is 1560. The summed E-state index contributed by atoms with van der Waals surface area (Å²) < 4.78 is 23.7. The van der Waals surface area contributed by atoms with Crippen LogP contribution in [0.3, 0.4) is 0 Å². The molecule has 3 heterocycles. The van der Waals surface area contributed by atoms with Gasteiger partial charge in [0.1, 0.15) is 12.2 Å². The van der Waals surface area contributed by atoms with E-state index >= 15 is 0 Å². The molecular weight excluding hydrogens is 508 g/mol. The van der Waals surface area contributed by atoms with E-state index in [0.717, 1.165) is 24.2 Å². The molecule has 1 unspecified atom stereocenters. The third kappa shape index (κ3) is 5.08. The summed E-state index contributed by atoms with van der Waals surface area (Å²) in [5, 5.41) is 0.460. The highest BCUT2D eigenvalue weighted by Crippen LogP contribution is 2.41. The largest absolute Gasteiger partial charge is 0.490 e. The number of carbonyl (C=O) groups excluding carboxylic acids is 1. The molecule has 1 amide bonds. The van der Waals surface area contributed by atoms with Gasteiger partial charge in [-0.1, -0.05) is 48.5 Å². The molecule has 0 radical (unpaired) electrons. The summed E-state index contributed by atoms with van der Waals surface area (Å²) in [6, 6.07) is 22.0. The standard InChI is InChI=1S/C32H32N2O6/c1-2-38-27-20-23(12-13-26(27)39-21-22-8-4-3-5-9-22)29-28-30(35)24-10-6-7-11-25(24)40-31(28)32(36)34(29)15-14-33-16-18-37-19-17-33/h3-13,20,29H,2,14-19,21H2,1H3. The number of para-hydroxylation sites is 1. The zero-order valence-electron chi connectivity index (χ0n) is 22.5. The van der Waals surface area contributed by atoms with Gasteiger partial charge in [0.25, 0.3) is 5.91 Å². The first kappa shape index (κ1) is 26.1. The van der Waals surface area contributed by atoms with Crippen molar-refractivity contribution in [3.8, 4) is 11.5 Å². The van der Waals surface area contributed by atoms with Crippen LogP contribution < -0.4 is 14.9 Å². The van der Waals surface area contributed by atoms with E-state index in [1.807, 2.05) is 55.5 Å². The van der Waals surface area contributed by atoms with Gasteiger partial charge in [-0.05, 0) is 42.3 Å². The summed E-state index contributed by atoms with van der Waals surface area (Å²) in [5.74, 6) is 0.996. The van der Waals surface area contributed by atoms with Crippen LogP contribution in [0.25, 0.3) is 11.0 Å². The molecule has 6 rings (SSSR count). The Morgan fingerprint density at radius 1 is 0.875 bits per heavy atom. The predicted octanol–water partition coefficient (Wildman–Crippen LogP) is 4.65. The van der Waals surface area contributed by atoms with Crippen molar-refractivity contribution in [3.05, 3.63) is 105 Å². The Labute approximate surface area is 232 Å². The van der Waals surface area contributed by atoms with E-state index in [0.29, 0.717) is 67.5 Å². The number of hydrogen-bond acceptors (Lipinski definition) is 7. The van der Waals surface area contributed by atoms with E-state index in [1.165, 1.54) is 0 Å². The van der Waals surface area contributed by atoms with Gasteiger partial charge in [-0.15, -0.1) is 0 Å². The number of carbonyl (C=O) groups is 1. The van der Waals surface area contributed by atoms with Crippen molar-refractivity contribution < 1.29 is 23.4 Å². The van der Waals surface area contributed by atoms with Crippen LogP contribution in [-0.2, 0) is 11.3 Å². The van der Waals surface area contributed by atoms with Crippen LogP contribution in [-0.4, -0.2) is 61.7 Å². The molecule has 0 bridgehead atoms. The molecule has 0 spiro atoms. The van der Waals surface area contributed by atoms with Gasteiger partial charge >= 0.3 is 0 Å². The van der Waals surface area contributed by atoms with E-state index in [2.05, 4.69) is 4.90 Å². The zero-order valence-corrected chi connectivity index (χ0v) is 22.5. The fourth-order valence-corrected chi connectivity index (χ4v) is 5.44. The summed E-state index contributed by atoms with van der Waals surface area (Å²) in [5.41, 5.74) is 2.40. The SMILES string of the molecule is CCOc1cc(C2c3c(oc4ccccc4c3=O)C(=O)N2CCN2CCOCC2)ccc1OCc1ccccc1. The number of ether oxygens (including phenoxy) is 3. The number of fused-ring (bicyclic) bond motifs is 2. The van der Waals surface area contributed by atoms with Crippen molar-refractivity contribution in [1.29, 1.82) is 0 Å². The maximum atomic E-state index is 13.8. The molecule has 8 heteroatoms. The second-order valence-electron chi connectivity index (χ2n) is 9.94. The van der Waals surface area contributed by atoms with Crippen LogP contribution in [0, 0.1) is 0 Å². The first-order chi connectivity index (χ1) is 19.6. The summed E-state index contributed by atoms with van der Waals surface area (Å²) in [7, 11) is 0. The third-order valence-electron chi connectivity index (χ3n) is 7.45. The van der Waals surface area contributed by atoms with Crippen LogP contribution in [0.5, 0.6) is 11.5 Å². The molecule has 1 atom stereocenters. The lowest BCUT2D eigenvalue weighted by molar-refractivity contribution is 0.0314. The van der Waals surface area contributed by atoms with Crippen LogP contribution in [0.1, 0.15) is 40.2 Å². The smallest absolute Gasteiger partial charge is 0.290 e. The van der Waals surface area contributed by atoms with Gasteiger partial charge in [-0.25, -0.2) is 0 Å². The lowest BCUT2D eigenvalue weighted by atomic mass is 9.98. The highest BCUT2D eigenvalue weighted by atomic mass is 16.5. The predicted molar refractivity (Wildman–Crippen MR) is 151 cm³/mol. The van der Waals surface area contributed by atoms with Crippen molar-refractivity contribution >= 4 is 16.9 Å². The third-order valence-corrected chi connectivity index (χ3v) is 7.45. The molecule has 40 heavy (non-hydrogen) atoms. The van der Waals surface area contributed by atoms with Crippen LogP contribution in [0.15, 0.2) is 82.0 Å². The molecular formula is C32H32N2O6. The number of morpholine rings is 1. The normalized spacial score (nSPS) is 17.3. The fraction of sp³-hybridized carbons (Fsp3) is 0.312. The molecule has 1 fully saturated rings. The van der Waals surface area contributed by atoms with Gasteiger partial charge in [0.15, 0.2) is 16.9 Å².